The van der Waals surface area contributed by atoms with Crippen LogP contribution in [0.15, 0.2) is 52.9 Å². The van der Waals surface area contributed by atoms with E-state index in [0.29, 0.717) is 0 Å². The molecule has 0 spiro atoms. The molecule has 0 saturated carbocycles. The summed E-state index contributed by atoms with van der Waals surface area (Å²) in [5.41, 5.74) is 4.94. The molecule has 7 heteroatoms. The number of hydrogen-bond acceptors (Lipinski definition) is 6. The minimum atomic E-state index is -0.106. The van der Waals surface area contributed by atoms with Crippen LogP contribution in [0.2, 0.25) is 0 Å². The summed E-state index contributed by atoms with van der Waals surface area (Å²) in [6.45, 7) is 11.1. The van der Waals surface area contributed by atoms with Crippen molar-refractivity contribution in [3.63, 3.8) is 0 Å². The molecule has 3 heterocycles. The summed E-state index contributed by atoms with van der Waals surface area (Å²) in [7, 11) is 0. The van der Waals surface area contributed by atoms with Crippen molar-refractivity contribution >= 4 is 16.7 Å². The molecule has 5 rings (SSSR count). The van der Waals surface area contributed by atoms with Gasteiger partial charge < -0.3 is 9.32 Å². The van der Waals surface area contributed by atoms with E-state index in [9.17, 15) is 0 Å². The molecule has 33 heavy (non-hydrogen) atoms. The average Bonchev–Trinajstić information content (AvgIpc) is 3.47. The number of aromatic nitrogens is 4. The minimum Gasteiger partial charge on any atom is -0.459 e. The Balaban J connectivity index is 1.45. The zero-order valence-electron chi connectivity index (χ0n) is 19.7. The first-order valence-electron chi connectivity index (χ1n) is 12.0. The van der Waals surface area contributed by atoms with E-state index >= 15 is 0 Å². The summed E-state index contributed by atoms with van der Waals surface area (Å²) in [6, 6.07) is 16.8. The lowest BCUT2D eigenvalue weighted by Crippen LogP contribution is -2.48. The van der Waals surface area contributed by atoms with Crippen molar-refractivity contribution in [1.29, 1.82) is 0 Å². The van der Waals surface area contributed by atoms with Crippen LogP contribution in [0.25, 0.3) is 11.0 Å². The van der Waals surface area contributed by atoms with Crippen molar-refractivity contribution in [2.45, 2.75) is 46.2 Å². The summed E-state index contributed by atoms with van der Waals surface area (Å²) in [6.07, 6.45) is 2.15. The second kappa shape index (κ2) is 9.35. The summed E-state index contributed by atoms with van der Waals surface area (Å²) < 4.78 is 8.31. The Morgan fingerprint density at radius 3 is 2.61 bits per heavy atom. The zero-order valence-corrected chi connectivity index (χ0v) is 19.7. The number of hydrogen-bond donors (Lipinski definition) is 0. The Hall–Kier alpha value is -3.19. The van der Waals surface area contributed by atoms with Gasteiger partial charge in [0.1, 0.15) is 17.4 Å². The van der Waals surface area contributed by atoms with E-state index in [-0.39, 0.29) is 6.04 Å². The van der Waals surface area contributed by atoms with E-state index < -0.39 is 0 Å². The van der Waals surface area contributed by atoms with Crippen LogP contribution in [0.3, 0.4) is 0 Å². The highest BCUT2D eigenvalue weighted by Gasteiger charge is 2.33. The molecule has 2 aromatic heterocycles. The molecular weight excluding hydrogens is 412 g/mol. The third kappa shape index (κ3) is 4.25. The molecule has 1 unspecified atom stereocenters. The monoisotopic (exact) mass is 444 g/mol. The SMILES string of the molecule is CCCCn1nnnc1C(c1cc2ccccc2o1)N1CCN(c2cccc(C)c2C)CC1. The molecule has 0 aliphatic carbocycles. The Morgan fingerprint density at radius 1 is 1.00 bits per heavy atom. The van der Waals surface area contributed by atoms with E-state index in [4.69, 9.17) is 4.42 Å². The molecular formula is C26H32N6O. The maximum atomic E-state index is 6.35. The zero-order chi connectivity index (χ0) is 22.8. The quantitative estimate of drug-likeness (QED) is 0.410. The van der Waals surface area contributed by atoms with Gasteiger partial charge in [0.05, 0.1) is 0 Å². The van der Waals surface area contributed by atoms with Gasteiger partial charge in [-0.3, -0.25) is 4.90 Å². The molecule has 0 amide bonds. The first-order chi connectivity index (χ1) is 16.2. The van der Waals surface area contributed by atoms with Crippen LogP contribution in [0, 0.1) is 13.8 Å². The number of nitrogens with zero attached hydrogens (tertiary/aromatic N) is 6. The van der Waals surface area contributed by atoms with Crippen molar-refractivity contribution in [1.82, 2.24) is 25.1 Å². The lowest BCUT2D eigenvalue weighted by atomic mass is 10.1. The molecule has 1 aliphatic heterocycles. The highest BCUT2D eigenvalue weighted by atomic mass is 16.3. The number of para-hydroxylation sites is 1. The second-order valence-electron chi connectivity index (χ2n) is 8.94. The summed E-state index contributed by atoms with van der Waals surface area (Å²) in [5.74, 6) is 1.77. The molecule has 0 N–H and O–H groups in total. The van der Waals surface area contributed by atoms with E-state index in [2.05, 4.69) is 76.4 Å². The van der Waals surface area contributed by atoms with Crippen molar-refractivity contribution < 1.29 is 4.42 Å². The van der Waals surface area contributed by atoms with Gasteiger partial charge in [-0.05, 0) is 60.0 Å². The van der Waals surface area contributed by atoms with Crippen molar-refractivity contribution in [2.75, 3.05) is 31.1 Å². The third-order valence-electron chi connectivity index (χ3n) is 6.84. The van der Waals surface area contributed by atoms with Crippen molar-refractivity contribution in [3.05, 3.63) is 71.2 Å². The maximum Gasteiger partial charge on any atom is 0.176 e. The third-order valence-corrected chi connectivity index (χ3v) is 6.84. The van der Waals surface area contributed by atoms with Crippen LogP contribution in [-0.2, 0) is 6.54 Å². The van der Waals surface area contributed by atoms with Gasteiger partial charge in [0, 0.05) is 43.8 Å². The standard InChI is InChI=1S/C26H32N6O/c1-4-5-13-32-26(27-28-29-32)25(24-18-21-10-6-7-12-23(21)33-24)31-16-14-30(15-17-31)22-11-8-9-19(2)20(22)3/h6-12,18,25H,4-5,13-17H2,1-3H3. The van der Waals surface area contributed by atoms with Crippen molar-refractivity contribution in [2.24, 2.45) is 0 Å². The summed E-state index contributed by atoms with van der Waals surface area (Å²) in [5, 5.41) is 13.9. The summed E-state index contributed by atoms with van der Waals surface area (Å²) >= 11 is 0. The Bertz CT molecular complexity index is 1190. The number of unbranched alkanes of at least 4 members (excludes halogenated alkanes) is 1. The Kier molecular flexibility index (Phi) is 6.13. The Morgan fingerprint density at radius 2 is 1.82 bits per heavy atom. The fraction of sp³-hybridized carbons (Fsp3) is 0.423. The topological polar surface area (TPSA) is 63.2 Å². The predicted octanol–water partition coefficient (Wildman–Crippen LogP) is 4.75. The van der Waals surface area contributed by atoms with Gasteiger partial charge in [-0.25, -0.2) is 4.68 Å². The number of benzene rings is 2. The van der Waals surface area contributed by atoms with Crippen LogP contribution >= 0.6 is 0 Å². The Labute approximate surface area is 195 Å². The van der Waals surface area contributed by atoms with Gasteiger partial charge in [-0.15, -0.1) is 5.10 Å². The van der Waals surface area contributed by atoms with Crippen LogP contribution < -0.4 is 4.90 Å². The van der Waals surface area contributed by atoms with E-state index in [1.165, 1.54) is 16.8 Å². The fourth-order valence-electron chi connectivity index (χ4n) is 4.78. The smallest absolute Gasteiger partial charge is 0.176 e. The molecule has 7 nitrogen and oxygen atoms in total. The predicted molar refractivity (Wildman–Crippen MR) is 130 cm³/mol. The van der Waals surface area contributed by atoms with Gasteiger partial charge in [0.2, 0.25) is 0 Å². The largest absolute Gasteiger partial charge is 0.459 e. The van der Waals surface area contributed by atoms with Crippen LogP contribution in [0.5, 0.6) is 0 Å². The van der Waals surface area contributed by atoms with Gasteiger partial charge in [0.15, 0.2) is 5.82 Å². The molecule has 172 valence electrons. The molecule has 1 atom stereocenters. The number of fused-ring (bicyclic) bond motifs is 1. The number of furan rings is 1. The maximum absolute atomic E-state index is 6.35. The van der Waals surface area contributed by atoms with Gasteiger partial charge in [-0.2, -0.15) is 0 Å². The summed E-state index contributed by atoms with van der Waals surface area (Å²) in [4.78, 5) is 4.96. The number of aryl methyl sites for hydroxylation is 2. The van der Waals surface area contributed by atoms with Crippen LogP contribution in [0.4, 0.5) is 5.69 Å². The van der Waals surface area contributed by atoms with Crippen LogP contribution in [0.1, 0.15) is 48.5 Å². The highest BCUT2D eigenvalue weighted by molar-refractivity contribution is 5.77. The number of rotatable bonds is 7. The lowest BCUT2D eigenvalue weighted by molar-refractivity contribution is 0.182. The average molecular weight is 445 g/mol. The first-order valence-corrected chi connectivity index (χ1v) is 12.0. The van der Waals surface area contributed by atoms with E-state index in [0.717, 1.165) is 68.1 Å². The number of tetrazole rings is 1. The normalized spacial score (nSPS) is 15.9. The lowest BCUT2D eigenvalue weighted by Gasteiger charge is -2.39. The molecule has 1 aliphatic rings. The van der Waals surface area contributed by atoms with E-state index in [1.807, 2.05) is 22.9 Å². The number of anilines is 1. The molecule has 2 aromatic carbocycles. The van der Waals surface area contributed by atoms with Gasteiger partial charge in [-0.1, -0.05) is 43.7 Å². The molecule has 1 saturated heterocycles. The van der Waals surface area contributed by atoms with Gasteiger partial charge >= 0.3 is 0 Å². The first kappa shape index (κ1) is 21.6. The minimum absolute atomic E-state index is 0.106. The molecule has 0 bridgehead atoms. The number of piperazine rings is 1. The molecule has 4 aromatic rings. The molecule has 1 fully saturated rings. The second-order valence-corrected chi connectivity index (χ2v) is 8.94. The van der Waals surface area contributed by atoms with Gasteiger partial charge in [0.25, 0.3) is 0 Å². The van der Waals surface area contributed by atoms with Crippen LogP contribution in [-0.4, -0.2) is 51.3 Å². The molecule has 0 radical (unpaired) electrons. The highest BCUT2D eigenvalue weighted by Crippen LogP contribution is 2.33. The fourth-order valence-corrected chi connectivity index (χ4v) is 4.78. The van der Waals surface area contributed by atoms with Crippen molar-refractivity contribution in [3.8, 4) is 0 Å². The van der Waals surface area contributed by atoms with E-state index in [1.54, 1.807) is 0 Å².